The van der Waals surface area contributed by atoms with E-state index in [1.54, 1.807) is 0 Å². The largest absolute Gasteiger partial charge is 0.416 e. The van der Waals surface area contributed by atoms with Crippen LogP contribution in [0.25, 0.3) is 0 Å². The molecule has 1 atom stereocenters. The fraction of sp³-hybridized carbons (Fsp3) is 0.571. The Balaban J connectivity index is 2.39. The van der Waals surface area contributed by atoms with Gasteiger partial charge in [-0.2, -0.15) is 13.2 Å². The molecule has 0 aromatic heterocycles. The van der Waals surface area contributed by atoms with Crippen molar-refractivity contribution in [3.63, 3.8) is 0 Å². The molecule has 1 aliphatic heterocycles. The Morgan fingerprint density at radius 3 is 2.52 bits per heavy atom. The molecule has 21 heavy (non-hydrogen) atoms. The van der Waals surface area contributed by atoms with Gasteiger partial charge in [-0.05, 0) is 24.1 Å². The maximum atomic E-state index is 13.2. The van der Waals surface area contributed by atoms with Crippen molar-refractivity contribution in [3.8, 4) is 0 Å². The van der Waals surface area contributed by atoms with Gasteiger partial charge >= 0.3 is 6.18 Å². The molecule has 1 aromatic rings. The first-order valence-corrected chi connectivity index (χ1v) is 7.23. The van der Waals surface area contributed by atoms with E-state index in [4.69, 9.17) is 11.6 Å². The van der Waals surface area contributed by atoms with Crippen LogP contribution in [-0.4, -0.2) is 42.8 Å². The summed E-state index contributed by atoms with van der Waals surface area (Å²) in [5.74, 6) is 0. The van der Waals surface area contributed by atoms with Gasteiger partial charge in [-0.25, -0.2) is 0 Å². The summed E-state index contributed by atoms with van der Waals surface area (Å²) in [7, 11) is 0. The Kier molecular flexibility index (Phi) is 5.48. The second kappa shape index (κ2) is 6.96. The lowest BCUT2D eigenvalue weighted by Crippen LogP contribution is -2.45. The van der Waals surface area contributed by atoms with Gasteiger partial charge in [-0.3, -0.25) is 4.90 Å². The topological polar surface area (TPSA) is 35.5 Å². The van der Waals surface area contributed by atoms with Gasteiger partial charge in [-0.1, -0.05) is 17.7 Å². The van der Waals surface area contributed by atoms with Crippen molar-refractivity contribution in [3.05, 3.63) is 34.3 Å². The van der Waals surface area contributed by atoms with E-state index in [0.717, 1.165) is 19.2 Å². The van der Waals surface area contributed by atoms with Gasteiger partial charge in [-0.15, -0.1) is 0 Å². The van der Waals surface area contributed by atoms with Crippen LogP contribution in [0.15, 0.2) is 18.2 Å². The van der Waals surface area contributed by atoms with E-state index < -0.39 is 17.8 Å². The minimum Gasteiger partial charge on any atom is -0.396 e. The highest BCUT2D eigenvalue weighted by atomic mass is 35.5. The lowest BCUT2D eigenvalue weighted by Gasteiger charge is -2.36. The maximum absolute atomic E-state index is 13.2. The number of nitrogens with zero attached hydrogens (tertiary/aromatic N) is 1. The molecule has 1 aliphatic rings. The normalized spacial score (nSPS) is 18.7. The van der Waals surface area contributed by atoms with Gasteiger partial charge in [0.2, 0.25) is 0 Å². The van der Waals surface area contributed by atoms with Crippen molar-refractivity contribution in [2.45, 2.75) is 18.6 Å². The molecule has 0 unspecified atom stereocenters. The molecule has 0 radical (unpaired) electrons. The summed E-state index contributed by atoms with van der Waals surface area (Å²) in [5.41, 5.74) is -0.533. The molecule has 1 heterocycles. The Hall–Kier alpha value is -0.820. The van der Waals surface area contributed by atoms with E-state index >= 15 is 0 Å². The number of alkyl halides is 3. The Morgan fingerprint density at radius 1 is 1.29 bits per heavy atom. The lowest BCUT2D eigenvalue weighted by molar-refractivity contribution is -0.138. The summed E-state index contributed by atoms with van der Waals surface area (Å²) in [5, 5.41) is 12.5. The molecule has 0 saturated carbocycles. The maximum Gasteiger partial charge on any atom is 0.416 e. The number of halogens is 4. The van der Waals surface area contributed by atoms with Crippen LogP contribution in [0.1, 0.15) is 23.6 Å². The zero-order valence-corrected chi connectivity index (χ0v) is 12.2. The van der Waals surface area contributed by atoms with Gasteiger partial charge in [0.1, 0.15) is 0 Å². The highest BCUT2D eigenvalue weighted by Crippen LogP contribution is 2.38. The molecule has 1 saturated heterocycles. The van der Waals surface area contributed by atoms with E-state index in [2.05, 4.69) is 5.32 Å². The average molecular weight is 323 g/mol. The third-order valence-corrected chi connectivity index (χ3v) is 3.91. The quantitative estimate of drug-likeness (QED) is 0.894. The highest BCUT2D eigenvalue weighted by Gasteiger charge is 2.36. The van der Waals surface area contributed by atoms with Crippen LogP contribution in [-0.2, 0) is 6.18 Å². The van der Waals surface area contributed by atoms with Crippen molar-refractivity contribution in [2.75, 3.05) is 32.8 Å². The smallest absolute Gasteiger partial charge is 0.396 e. The SMILES string of the molecule is OCC[C@H](c1ccc(Cl)cc1C(F)(F)F)N1CCNCC1. The third kappa shape index (κ3) is 4.10. The molecule has 0 aliphatic carbocycles. The summed E-state index contributed by atoms with van der Waals surface area (Å²) in [6.45, 7) is 2.62. The van der Waals surface area contributed by atoms with Gasteiger partial charge in [0.15, 0.2) is 0 Å². The van der Waals surface area contributed by atoms with Gasteiger partial charge in [0.25, 0.3) is 0 Å². The molecule has 0 amide bonds. The van der Waals surface area contributed by atoms with Crippen LogP contribution in [0.2, 0.25) is 5.02 Å². The van der Waals surface area contributed by atoms with Crippen molar-refractivity contribution < 1.29 is 18.3 Å². The highest BCUT2D eigenvalue weighted by molar-refractivity contribution is 6.30. The summed E-state index contributed by atoms with van der Waals surface area (Å²) in [6, 6.07) is 3.40. The molecular weight excluding hydrogens is 305 g/mol. The molecule has 118 valence electrons. The Morgan fingerprint density at radius 2 is 1.95 bits per heavy atom. The number of hydrogen-bond donors (Lipinski definition) is 2. The number of piperazine rings is 1. The summed E-state index contributed by atoms with van der Waals surface area (Å²) >= 11 is 5.72. The first kappa shape index (κ1) is 16.5. The van der Waals surface area contributed by atoms with Crippen LogP contribution < -0.4 is 5.32 Å². The van der Waals surface area contributed by atoms with E-state index in [9.17, 15) is 18.3 Å². The van der Waals surface area contributed by atoms with E-state index in [-0.39, 0.29) is 23.6 Å². The molecule has 7 heteroatoms. The summed E-state index contributed by atoms with van der Waals surface area (Å²) < 4.78 is 39.7. The fourth-order valence-electron chi connectivity index (χ4n) is 2.72. The molecule has 3 nitrogen and oxygen atoms in total. The molecule has 1 fully saturated rings. The van der Waals surface area contributed by atoms with Crippen LogP contribution in [0.3, 0.4) is 0 Å². The molecule has 0 spiro atoms. The summed E-state index contributed by atoms with van der Waals surface area (Å²) in [4.78, 5) is 1.98. The Labute approximate surface area is 126 Å². The molecular formula is C14H18ClF3N2O. The van der Waals surface area contributed by atoms with E-state index in [1.807, 2.05) is 4.90 Å². The second-order valence-corrected chi connectivity index (χ2v) is 5.48. The van der Waals surface area contributed by atoms with Crippen molar-refractivity contribution >= 4 is 11.6 Å². The lowest BCUT2D eigenvalue weighted by atomic mass is 9.95. The van der Waals surface area contributed by atoms with Crippen LogP contribution in [0.4, 0.5) is 13.2 Å². The predicted octanol–water partition coefficient (Wildman–Crippen LogP) is 2.69. The van der Waals surface area contributed by atoms with Gasteiger partial charge in [0.05, 0.1) is 5.56 Å². The number of aliphatic hydroxyl groups is 1. The van der Waals surface area contributed by atoms with Crippen molar-refractivity contribution in [2.24, 2.45) is 0 Å². The molecule has 1 aromatic carbocycles. The Bertz CT molecular complexity index is 476. The van der Waals surface area contributed by atoms with Gasteiger partial charge in [0, 0.05) is 43.9 Å². The molecule has 0 bridgehead atoms. The number of aliphatic hydroxyl groups excluding tert-OH is 1. The van der Waals surface area contributed by atoms with Crippen LogP contribution in [0.5, 0.6) is 0 Å². The summed E-state index contributed by atoms with van der Waals surface area (Å²) in [6.07, 6.45) is -4.19. The van der Waals surface area contributed by atoms with Crippen LogP contribution in [0, 0.1) is 0 Å². The van der Waals surface area contributed by atoms with E-state index in [0.29, 0.717) is 13.1 Å². The zero-order valence-electron chi connectivity index (χ0n) is 11.5. The first-order valence-electron chi connectivity index (χ1n) is 6.85. The average Bonchev–Trinajstić information content (AvgIpc) is 2.45. The van der Waals surface area contributed by atoms with Crippen molar-refractivity contribution in [1.82, 2.24) is 10.2 Å². The number of rotatable bonds is 4. The standard InChI is InChI=1S/C14H18ClF3N2O/c15-10-1-2-11(12(9-10)14(16,17)18)13(3-8-21)20-6-4-19-5-7-20/h1-2,9,13,19,21H,3-8H2/t13-/m1/s1. The molecule has 2 N–H and O–H groups in total. The minimum atomic E-state index is -4.46. The zero-order chi connectivity index (χ0) is 15.5. The number of benzene rings is 1. The molecule has 2 rings (SSSR count). The van der Waals surface area contributed by atoms with Crippen LogP contribution >= 0.6 is 11.6 Å². The fourth-order valence-corrected chi connectivity index (χ4v) is 2.89. The minimum absolute atomic E-state index is 0.0640. The number of hydrogen-bond acceptors (Lipinski definition) is 3. The monoisotopic (exact) mass is 322 g/mol. The van der Waals surface area contributed by atoms with Crippen molar-refractivity contribution in [1.29, 1.82) is 0 Å². The first-order chi connectivity index (χ1) is 9.93. The predicted molar refractivity (Wildman–Crippen MR) is 75.3 cm³/mol. The van der Waals surface area contributed by atoms with E-state index in [1.165, 1.54) is 12.1 Å². The second-order valence-electron chi connectivity index (χ2n) is 5.04. The third-order valence-electron chi connectivity index (χ3n) is 3.67. The van der Waals surface area contributed by atoms with Gasteiger partial charge < -0.3 is 10.4 Å². The number of nitrogens with one attached hydrogen (secondary N) is 1.